The molecule has 127 valence electrons. The van der Waals surface area contributed by atoms with Gasteiger partial charge in [0.15, 0.2) is 5.78 Å². The Labute approximate surface area is 145 Å². The van der Waals surface area contributed by atoms with Gasteiger partial charge in [0.1, 0.15) is 0 Å². The smallest absolute Gasteiger partial charge is 0.176 e. The molecule has 0 amide bonds. The highest BCUT2D eigenvalue weighted by Crippen LogP contribution is 2.13. The SMILES string of the molecule is [CH2]C(N(CC)CC)N(CC(=O)c1ccccc1)Cc1ccccc1. The van der Waals surface area contributed by atoms with Gasteiger partial charge < -0.3 is 0 Å². The summed E-state index contributed by atoms with van der Waals surface area (Å²) in [4.78, 5) is 17.1. The van der Waals surface area contributed by atoms with Gasteiger partial charge in [0.2, 0.25) is 0 Å². The Kier molecular flexibility index (Phi) is 7.16. The Morgan fingerprint density at radius 2 is 1.46 bits per heavy atom. The van der Waals surface area contributed by atoms with Crippen LogP contribution in [0.3, 0.4) is 0 Å². The van der Waals surface area contributed by atoms with Crippen LogP contribution in [-0.4, -0.2) is 41.4 Å². The summed E-state index contributed by atoms with van der Waals surface area (Å²) < 4.78 is 0. The number of hydrogen-bond donors (Lipinski definition) is 0. The maximum absolute atomic E-state index is 12.7. The molecule has 1 radical (unpaired) electrons. The predicted octanol–water partition coefficient (Wildman–Crippen LogP) is 3.87. The van der Waals surface area contributed by atoms with Gasteiger partial charge >= 0.3 is 0 Å². The topological polar surface area (TPSA) is 23.6 Å². The van der Waals surface area contributed by atoms with E-state index in [1.807, 2.05) is 48.5 Å². The maximum atomic E-state index is 12.7. The van der Waals surface area contributed by atoms with Crippen molar-refractivity contribution >= 4 is 5.78 Å². The number of carbonyl (C=O) groups is 1. The van der Waals surface area contributed by atoms with E-state index in [-0.39, 0.29) is 11.9 Å². The fourth-order valence-electron chi connectivity index (χ4n) is 2.86. The normalized spacial score (nSPS) is 12.5. The molecule has 0 aromatic heterocycles. The van der Waals surface area contributed by atoms with Crippen molar-refractivity contribution in [3.63, 3.8) is 0 Å². The molecule has 0 saturated carbocycles. The number of rotatable bonds is 9. The molecule has 2 aromatic carbocycles. The third-order valence-corrected chi connectivity index (χ3v) is 4.33. The van der Waals surface area contributed by atoms with Crippen LogP contribution >= 0.6 is 0 Å². The lowest BCUT2D eigenvalue weighted by molar-refractivity contribution is 0.0626. The average molecular weight is 323 g/mol. The van der Waals surface area contributed by atoms with E-state index >= 15 is 0 Å². The lowest BCUT2D eigenvalue weighted by Gasteiger charge is -2.36. The first-order valence-electron chi connectivity index (χ1n) is 8.59. The number of nitrogens with zero attached hydrogens (tertiary/aromatic N) is 2. The molecule has 24 heavy (non-hydrogen) atoms. The second kappa shape index (κ2) is 9.36. The van der Waals surface area contributed by atoms with Gasteiger partial charge in [-0.3, -0.25) is 14.6 Å². The van der Waals surface area contributed by atoms with Gasteiger partial charge in [0, 0.05) is 12.1 Å². The highest BCUT2D eigenvalue weighted by Gasteiger charge is 2.22. The van der Waals surface area contributed by atoms with Crippen molar-refractivity contribution in [1.82, 2.24) is 9.80 Å². The Morgan fingerprint density at radius 3 is 2.00 bits per heavy atom. The zero-order valence-corrected chi connectivity index (χ0v) is 14.7. The molecule has 3 heteroatoms. The number of hydrogen-bond acceptors (Lipinski definition) is 3. The lowest BCUT2D eigenvalue weighted by Crippen LogP contribution is -2.48. The van der Waals surface area contributed by atoms with Gasteiger partial charge in [-0.1, -0.05) is 74.5 Å². The van der Waals surface area contributed by atoms with Crippen LogP contribution in [0.5, 0.6) is 0 Å². The number of benzene rings is 2. The van der Waals surface area contributed by atoms with Crippen molar-refractivity contribution in [2.75, 3.05) is 19.6 Å². The first kappa shape index (κ1) is 18.4. The van der Waals surface area contributed by atoms with E-state index in [2.05, 4.69) is 42.7 Å². The van der Waals surface area contributed by atoms with Gasteiger partial charge in [-0.2, -0.15) is 0 Å². The summed E-state index contributed by atoms with van der Waals surface area (Å²) in [5.41, 5.74) is 1.95. The van der Waals surface area contributed by atoms with Crippen molar-refractivity contribution in [2.24, 2.45) is 0 Å². The van der Waals surface area contributed by atoms with Crippen LogP contribution in [0.4, 0.5) is 0 Å². The average Bonchev–Trinajstić information content (AvgIpc) is 2.63. The van der Waals surface area contributed by atoms with Crippen LogP contribution < -0.4 is 0 Å². The molecule has 2 aromatic rings. The van der Waals surface area contributed by atoms with Crippen molar-refractivity contribution in [1.29, 1.82) is 0 Å². The molecule has 0 bridgehead atoms. The summed E-state index contributed by atoms with van der Waals surface area (Å²) in [6, 6.07) is 19.7. The van der Waals surface area contributed by atoms with Gasteiger partial charge in [0.25, 0.3) is 0 Å². The Morgan fingerprint density at radius 1 is 0.917 bits per heavy atom. The molecule has 0 aliphatic heterocycles. The molecule has 0 heterocycles. The second-order valence-electron chi connectivity index (χ2n) is 5.88. The zero-order chi connectivity index (χ0) is 17.4. The third-order valence-electron chi connectivity index (χ3n) is 4.33. The van der Waals surface area contributed by atoms with Crippen LogP contribution in [0.1, 0.15) is 29.8 Å². The minimum Gasteiger partial charge on any atom is -0.293 e. The van der Waals surface area contributed by atoms with Crippen molar-refractivity contribution in [2.45, 2.75) is 26.6 Å². The fraction of sp³-hybridized carbons (Fsp3) is 0.333. The number of carbonyl (C=O) groups excluding carboxylic acids is 1. The van der Waals surface area contributed by atoms with Gasteiger partial charge in [-0.25, -0.2) is 0 Å². The molecular weight excluding hydrogens is 296 g/mol. The Balaban J connectivity index is 2.17. The molecule has 0 N–H and O–H groups in total. The van der Waals surface area contributed by atoms with Crippen LogP contribution in [0.2, 0.25) is 0 Å². The summed E-state index contributed by atoms with van der Waals surface area (Å²) >= 11 is 0. The molecule has 1 unspecified atom stereocenters. The maximum Gasteiger partial charge on any atom is 0.176 e. The predicted molar refractivity (Wildman–Crippen MR) is 99.7 cm³/mol. The van der Waals surface area contributed by atoms with E-state index in [0.29, 0.717) is 13.1 Å². The molecule has 0 aliphatic carbocycles. The zero-order valence-electron chi connectivity index (χ0n) is 14.7. The quantitative estimate of drug-likeness (QED) is 0.517. The van der Waals surface area contributed by atoms with Gasteiger partial charge in [0.05, 0.1) is 12.7 Å². The second-order valence-corrected chi connectivity index (χ2v) is 5.88. The van der Waals surface area contributed by atoms with Crippen LogP contribution in [0.15, 0.2) is 60.7 Å². The monoisotopic (exact) mass is 323 g/mol. The molecule has 1 atom stereocenters. The van der Waals surface area contributed by atoms with Crippen LogP contribution in [0.25, 0.3) is 0 Å². The fourth-order valence-corrected chi connectivity index (χ4v) is 2.86. The molecule has 0 saturated heterocycles. The van der Waals surface area contributed by atoms with Crippen LogP contribution in [-0.2, 0) is 6.54 Å². The standard InChI is InChI=1S/C21H27N2O/c1-4-22(5-2)18(3)23(16-19-12-8-6-9-13-19)17-21(24)20-14-10-7-11-15-20/h6-15,18H,3-5,16-17H2,1-2H3. The van der Waals surface area contributed by atoms with E-state index in [1.165, 1.54) is 5.56 Å². The first-order valence-corrected chi connectivity index (χ1v) is 8.59. The summed E-state index contributed by atoms with van der Waals surface area (Å²) in [5, 5.41) is 0. The minimum atomic E-state index is -0.0344. The molecular formula is C21H27N2O. The number of Topliss-reactive ketones (excluding diaryl/α,β-unsaturated/α-hetero) is 1. The third kappa shape index (κ3) is 5.02. The molecule has 2 rings (SSSR count). The minimum absolute atomic E-state index is 0.0344. The van der Waals surface area contributed by atoms with E-state index in [1.54, 1.807) is 0 Å². The van der Waals surface area contributed by atoms with Crippen molar-refractivity contribution in [3.05, 3.63) is 78.7 Å². The van der Waals surface area contributed by atoms with E-state index < -0.39 is 0 Å². The Hall–Kier alpha value is -1.97. The summed E-state index contributed by atoms with van der Waals surface area (Å²) in [5.74, 6) is 0.132. The Bertz CT molecular complexity index is 608. The summed E-state index contributed by atoms with van der Waals surface area (Å²) in [6.07, 6.45) is -0.0344. The van der Waals surface area contributed by atoms with Gasteiger partial charge in [-0.15, -0.1) is 0 Å². The number of ketones is 1. The molecule has 0 fully saturated rings. The highest BCUT2D eigenvalue weighted by molar-refractivity contribution is 5.97. The lowest BCUT2D eigenvalue weighted by atomic mass is 10.1. The van der Waals surface area contributed by atoms with Crippen molar-refractivity contribution in [3.8, 4) is 0 Å². The van der Waals surface area contributed by atoms with Crippen LogP contribution in [0, 0.1) is 6.92 Å². The highest BCUT2D eigenvalue weighted by atomic mass is 16.1. The van der Waals surface area contributed by atoms with Gasteiger partial charge in [-0.05, 0) is 25.6 Å². The first-order chi connectivity index (χ1) is 11.7. The van der Waals surface area contributed by atoms with E-state index in [9.17, 15) is 4.79 Å². The largest absolute Gasteiger partial charge is 0.293 e. The molecule has 0 aliphatic rings. The van der Waals surface area contributed by atoms with E-state index in [0.717, 1.165) is 18.7 Å². The van der Waals surface area contributed by atoms with E-state index in [4.69, 9.17) is 0 Å². The summed E-state index contributed by atoms with van der Waals surface area (Å²) in [7, 11) is 0. The molecule has 0 spiro atoms. The summed E-state index contributed by atoms with van der Waals surface area (Å²) in [6.45, 7) is 11.5. The van der Waals surface area contributed by atoms with Crippen molar-refractivity contribution < 1.29 is 4.79 Å². The molecule has 3 nitrogen and oxygen atoms in total.